The zero-order valence-electron chi connectivity index (χ0n) is 15.0. The molecule has 0 spiro atoms. The van der Waals surface area contributed by atoms with Crippen molar-refractivity contribution in [1.29, 1.82) is 0 Å². The number of halogens is 3. The Hall–Kier alpha value is -0.480. The Morgan fingerprint density at radius 2 is 1.72 bits per heavy atom. The van der Waals surface area contributed by atoms with Crippen LogP contribution in [0.5, 0.6) is 0 Å². The highest BCUT2D eigenvalue weighted by atomic mass is 35.5. The van der Waals surface area contributed by atoms with Gasteiger partial charge >= 0.3 is 0 Å². The molecule has 1 amide bonds. The second kappa shape index (κ2) is 8.04. The van der Waals surface area contributed by atoms with Gasteiger partial charge in [0.05, 0.1) is 0 Å². The lowest BCUT2D eigenvalue weighted by molar-refractivity contribution is 0.0949. The maximum atomic E-state index is 12.2. The Morgan fingerprint density at radius 3 is 2.24 bits per heavy atom. The van der Waals surface area contributed by atoms with Crippen LogP contribution < -0.4 is 5.32 Å². The molecule has 2 fully saturated rings. The van der Waals surface area contributed by atoms with Crippen LogP contribution in [0.1, 0.15) is 37.6 Å². The average molecular weight is 406 g/mol. The predicted molar refractivity (Wildman–Crippen MR) is 107 cm³/mol. The Bertz CT molecular complexity index is 597. The van der Waals surface area contributed by atoms with Gasteiger partial charge in [-0.3, -0.25) is 4.79 Å². The van der Waals surface area contributed by atoms with Gasteiger partial charge in [-0.2, -0.15) is 0 Å². The third-order valence-electron chi connectivity index (χ3n) is 5.25. The molecule has 0 radical (unpaired) electrons. The number of fused-ring (bicyclic) bond motifs is 1. The lowest BCUT2D eigenvalue weighted by Crippen LogP contribution is -2.32. The first-order valence-corrected chi connectivity index (χ1v) is 9.45. The molecule has 1 aliphatic carbocycles. The zero-order chi connectivity index (χ0) is 17.5. The minimum atomic E-state index is -0.0889. The Labute approximate surface area is 166 Å². The van der Waals surface area contributed by atoms with E-state index >= 15 is 0 Å². The molecular formula is C19H27Cl3N2O. The first-order chi connectivity index (χ1) is 11.2. The van der Waals surface area contributed by atoms with E-state index in [1.54, 1.807) is 18.2 Å². The van der Waals surface area contributed by atoms with Crippen LogP contribution in [0.4, 0.5) is 0 Å². The minimum Gasteiger partial charge on any atom is -0.352 e. The topological polar surface area (TPSA) is 32.3 Å². The molecule has 0 aromatic heterocycles. The van der Waals surface area contributed by atoms with Gasteiger partial charge < -0.3 is 10.2 Å². The summed E-state index contributed by atoms with van der Waals surface area (Å²) < 4.78 is 0. The summed E-state index contributed by atoms with van der Waals surface area (Å²) in [7, 11) is 0. The van der Waals surface area contributed by atoms with Gasteiger partial charge in [0.15, 0.2) is 0 Å². The molecule has 1 N–H and O–H groups in total. The van der Waals surface area contributed by atoms with Crippen molar-refractivity contribution in [3.8, 4) is 0 Å². The summed E-state index contributed by atoms with van der Waals surface area (Å²) >= 11 is 11.9. The summed E-state index contributed by atoms with van der Waals surface area (Å²) in [6, 6.07) is 4.95. The Balaban J connectivity index is 0.00000225. The molecule has 1 saturated heterocycles. The van der Waals surface area contributed by atoms with Crippen molar-refractivity contribution in [1.82, 2.24) is 10.2 Å². The lowest BCUT2D eigenvalue weighted by Gasteiger charge is -2.25. The smallest absolute Gasteiger partial charge is 0.251 e. The molecular weight excluding hydrogens is 379 g/mol. The third kappa shape index (κ3) is 5.50. The van der Waals surface area contributed by atoms with Gasteiger partial charge in [0.1, 0.15) is 0 Å². The number of amides is 1. The summed E-state index contributed by atoms with van der Waals surface area (Å²) in [5, 5.41) is 4.02. The average Bonchev–Trinajstić information content (AvgIpc) is 2.92. The van der Waals surface area contributed by atoms with E-state index in [0.717, 1.165) is 18.4 Å². The number of piperidine rings is 1. The standard InChI is InChI=1S/C19H26Cl2N2O.ClH/c1-19(2,3)4-5-23-10-16-15(17(16)11-23)9-22-18(24)12-6-13(20)8-14(21)7-12;/h6-8,15-17H,4-5,9-11H2,1-3H3,(H,22,24);1H. The van der Waals surface area contributed by atoms with Crippen molar-refractivity contribution in [2.45, 2.75) is 27.2 Å². The summed E-state index contributed by atoms with van der Waals surface area (Å²) in [5.74, 6) is 2.06. The van der Waals surface area contributed by atoms with Crippen molar-refractivity contribution >= 4 is 41.5 Å². The number of hydrogen-bond acceptors (Lipinski definition) is 2. The minimum absolute atomic E-state index is 0. The Kier molecular flexibility index (Phi) is 6.70. The van der Waals surface area contributed by atoms with Crippen LogP contribution in [0.15, 0.2) is 18.2 Å². The van der Waals surface area contributed by atoms with Crippen LogP contribution in [-0.2, 0) is 0 Å². The molecule has 1 aromatic carbocycles. The van der Waals surface area contributed by atoms with Crippen molar-refractivity contribution in [3.63, 3.8) is 0 Å². The first kappa shape index (κ1) is 20.8. The summed E-state index contributed by atoms with van der Waals surface area (Å²) in [4.78, 5) is 14.8. The molecule has 3 nitrogen and oxygen atoms in total. The third-order valence-corrected chi connectivity index (χ3v) is 5.68. The van der Waals surface area contributed by atoms with E-state index < -0.39 is 0 Å². The van der Waals surface area contributed by atoms with Crippen LogP contribution in [-0.4, -0.2) is 37.0 Å². The van der Waals surface area contributed by atoms with E-state index in [2.05, 4.69) is 31.0 Å². The number of carbonyl (C=O) groups excluding carboxylic acids is 1. The van der Waals surface area contributed by atoms with Crippen LogP contribution in [0.25, 0.3) is 0 Å². The Morgan fingerprint density at radius 1 is 1.16 bits per heavy atom. The van der Waals surface area contributed by atoms with Crippen LogP contribution in [0.2, 0.25) is 10.0 Å². The number of nitrogens with one attached hydrogen (secondary N) is 1. The monoisotopic (exact) mass is 404 g/mol. The van der Waals surface area contributed by atoms with E-state index in [1.807, 2.05) is 0 Å². The number of rotatable bonds is 5. The highest BCUT2D eigenvalue weighted by Gasteiger charge is 2.55. The molecule has 1 aliphatic heterocycles. The maximum Gasteiger partial charge on any atom is 0.251 e. The van der Waals surface area contributed by atoms with Crippen molar-refractivity contribution in [3.05, 3.63) is 33.8 Å². The largest absolute Gasteiger partial charge is 0.352 e. The molecule has 1 saturated carbocycles. The van der Waals surface area contributed by atoms with Gasteiger partial charge in [0, 0.05) is 35.2 Å². The quantitative estimate of drug-likeness (QED) is 0.766. The van der Waals surface area contributed by atoms with Crippen molar-refractivity contribution < 1.29 is 4.79 Å². The fourth-order valence-electron chi connectivity index (χ4n) is 3.71. The summed E-state index contributed by atoms with van der Waals surface area (Å²) in [6.07, 6.45) is 1.24. The van der Waals surface area contributed by atoms with Crippen LogP contribution >= 0.6 is 35.6 Å². The predicted octanol–water partition coefficient (Wildman–Crippen LogP) is 4.76. The molecule has 140 valence electrons. The van der Waals surface area contributed by atoms with E-state index in [4.69, 9.17) is 23.2 Å². The number of likely N-dealkylation sites (tertiary alicyclic amines) is 1. The molecule has 2 unspecified atom stereocenters. The van der Waals surface area contributed by atoms with Crippen molar-refractivity contribution in [2.75, 3.05) is 26.2 Å². The van der Waals surface area contributed by atoms with Gasteiger partial charge in [-0.25, -0.2) is 0 Å². The van der Waals surface area contributed by atoms with E-state index in [0.29, 0.717) is 26.9 Å². The molecule has 1 aromatic rings. The second-order valence-electron chi connectivity index (χ2n) is 8.43. The highest BCUT2D eigenvalue weighted by Crippen LogP contribution is 2.51. The van der Waals surface area contributed by atoms with Crippen LogP contribution in [0.3, 0.4) is 0 Å². The van der Waals surface area contributed by atoms with Gasteiger partial charge in [0.25, 0.3) is 5.91 Å². The molecule has 0 bridgehead atoms. The van der Waals surface area contributed by atoms with Crippen LogP contribution in [0, 0.1) is 23.2 Å². The molecule has 3 rings (SSSR count). The van der Waals surface area contributed by atoms with Gasteiger partial charge in [0.2, 0.25) is 0 Å². The summed E-state index contributed by atoms with van der Waals surface area (Å²) in [5.41, 5.74) is 0.934. The SMILES string of the molecule is CC(C)(C)CCN1CC2C(CNC(=O)c3cc(Cl)cc(Cl)c3)C2C1.Cl. The molecule has 25 heavy (non-hydrogen) atoms. The van der Waals surface area contributed by atoms with E-state index in [9.17, 15) is 4.79 Å². The normalized spacial score (nSPS) is 25.2. The number of nitrogens with zero attached hydrogens (tertiary/aromatic N) is 1. The van der Waals surface area contributed by atoms with Crippen molar-refractivity contribution in [2.24, 2.45) is 23.2 Å². The first-order valence-electron chi connectivity index (χ1n) is 8.69. The molecule has 6 heteroatoms. The fourth-order valence-corrected chi connectivity index (χ4v) is 4.24. The van der Waals surface area contributed by atoms with E-state index in [1.165, 1.54) is 26.1 Å². The molecule has 1 heterocycles. The number of benzene rings is 1. The fraction of sp³-hybridized carbons (Fsp3) is 0.632. The molecule has 2 atom stereocenters. The van der Waals surface area contributed by atoms with Gasteiger partial charge in [-0.1, -0.05) is 44.0 Å². The number of carbonyl (C=O) groups is 1. The second-order valence-corrected chi connectivity index (χ2v) is 9.30. The lowest BCUT2D eigenvalue weighted by atomic mass is 9.92. The molecule has 2 aliphatic rings. The maximum absolute atomic E-state index is 12.2. The zero-order valence-corrected chi connectivity index (χ0v) is 17.3. The number of hydrogen-bond donors (Lipinski definition) is 1. The van der Waals surface area contributed by atoms with Gasteiger partial charge in [-0.15, -0.1) is 12.4 Å². The van der Waals surface area contributed by atoms with E-state index in [-0.39, 0.29) is 18.3 Å². The highest BCUT2D eigenvalue weighted by molar-refractivity contribution is 6.35. The summed E-state index contributed by atoms with van der Waals surface area (Å²) in [6.45, 7) is 11.2. The van der Waals surface area contributed by atoms with Gasteiger partial charge in [-0.05, 0) is 54.3 Å².